The van der Waals surface area contributed by atoms with Crippen LogP contribution in [0.1, 0.15) is 5.56 Å². The number of nitrogens with one attached hydrogen (secondary N) is 1. The van der Waals surface area contributed by atoms with E-state index < -0.39 is 0 Å². The van der Waals surface area contributed by atoms with Crippen molar-refractivity contribution < 1.29 is 4.39 Å². The summed E-state index contributed by atoms with van der Waals surface area (Å²) in [7, 11) is 0. The number of hydrogen-bond acceptors (Lipinski definition) is 1. The Morgan fingerprint density at radius 3 is 2.61 bits per heavy atom. The molecule has 0 fully saturated rings. The van der Waals surface area contributed by atoms with Gasteiger partial charge in [-0.25, -0.2) is 4.39 Å². The third-order valence-electron chi connectivity index (χ3n) is 2.41. The Morgan fingerprint density at radius 1 is 1.11 bits per heavy atom. The van der Waals surface area contributed by atoms with Crippen LogP contribution in [0.3, 0.4) is 0 Å². The van der Waals surface area contributed by atoms with E-state index in [2.05, 4.69) is 21.2 Å². The lowest BCUT2D eigenvalue weighted by molar-refractivity contribution is 0.626. The highest BCUT2D eigenvalue weighted by molar-refractivity contribution is 9.10. The van der Waals surface area contributed by atoms with E-state index in [1.165, 1.54) is 12.1 Å². The monoisotopic (exact) mass is 347 g/mol. The van der Waals surface area contributed by atoms with Crippen LogP contribution in [0.25, 0.3) is 0 Å². The molecule has 0 spiro atoms. The molecule has 0 amide bonds. The molecule has 0 saturated heterocycles. The molecule has 0 unspecified atom stereocenters. The average molecular weight is 349 g/mol. The van der Waals surface area contributed by atoms with Crippen molar-refractivity contribution in [2.75, 3.05) is 5.32 Å². The van der Waals surface area contributed by atoms with Crippen LogP contribution in [0, 0.1) is 5.82 Å². The van der Waals surface area contributed by atoms with Crippen LogP contribution < -0.4 is 5.32 Å². The van der Waals surface area contributed by atoms with Gasteiger partial charge in [-0.05, 0) is 35.9 Å². The Kier molecular flexibility index (Phi) is 4.49. The summed E-state index contributed by atoms with van der Waals surface area (Å²) in [6.07, 6.45) is 0. The SMILES string of the molecule is Fc1ccc(CNc2cc(Cl)ccc2Cl)c(Br)c1. The summed E-state index contributed by atoms with van der Waals surface area (Å²) in [5.41, 5.74) is 1.69. The maximum Gasteiger partial charge on any atom is 0.124 e. The molecule has 0 radical (unpaired) electrons. The van der Waals surface area contributed by atoms with Crippen LogP contribution >= 0.6 is 39.1 Å². The lowest BCUT2D eigenvalue weighted by Crippen LogP contribution is -2.01. The zero-order valence-electron chi connectivity index (χ0n) is 9.18. The lowest BCUT2D eigenvalue weighted by Gasteiger charge is -2.10. The van der Waals surface area contributed by atoms with Gasteiger partial charge in [-0.15, -0.1) is 0 Å². The molecule has 0 aromatic heterocycles. The second kappa shape index (κ2) is 5.91. The van der Waals surface area contributed by atoms with E-state index >= 15 is 0 Å². The van der Waals surface area contributed by atoms with Crippen molar-refractivity contribution in [3.8, 4) is 0 Å². The molecule has 0 aliphatic heterocycles. The van der Waals surface area contributed by atoms with Gasteiger partial charge in [0, 0.05) is 16.0 Å². The van der Waals surface area contributed by atoms with E-state index in [9.17, 15) is 4.39 Å². The minimum absolute atomic E-state index is 0.272. The van der Waals surface area contributed by atoms with Crippen LogP contribution in [0.2, 0.25) is 10.0 Å². The molecule has 0 atom stereocenters. The molecular weight excluding hydrogens is 340 g/mol. The van der Waals surface area contributed by atoms with Gasteiger partial charge in [-0.3, -0.25) is 0 Å². The van der Waals surface area contributed by atoms with E-state index in [1.54, 1.807) is 24.3 Å². The Labute approximate surface area is 123 Å². The summed E-state index contributed by atoms with van der Waals surface area (Å²) in [4.78, 5) is 0. The standard InChI is InChI=1S/C13H9BrCl2FN/c14-11-6-10(17)3-1-8(11)7-18-13-5-9(15)2-4-12(13)16/h1-6,18H,7H2. The first-order valence-electron chi connectivity index (χ1n) is 5.19. The van der Waals surface area contributed by atoms with E-state index in [4.69, 9.17) is 23.2 Å². The quantitative estimate of drug-likeness (QED) is 0.771. The summed E-state index contributed by atoms with van der Waals surface area (Å²) in [5.74, 6) is -0.272. The fourth-order valence-electron chi connectivity index (χ4n) is 1.49. The number of hydrogen-bond donors (Lipinski definition) is 1. The minimum atomic E-state index is -0.272. The third-order valence-corrected chi connectivity index (χ3v) is 3.72. The topological polar surface area (TPSA) is 12.0 Å². The molecule has 0 heterocycles. The van der Waals surface area contributed by atoms with Crippen molar-refractivity contribution in [3.63, 3.8) is 0 Å². The second-order valence-corrected chi connectivity index (χ2v) is 5.41. The highest BCUT2D eigenvalue weighted by atomic mass is 79.9. The molecule has 18 heavy (non-hydrogen) atoms. The van der Waals surface area contributed by atoms with Gasteiger partial charge < -0.3 is 5.32 Å². The highest BCUT2D eigenvalue weighted by Crippen LogP contribution is 2.27. The summed E-state index contributed by atoms with van der Waals surface area (Å²) in [5, 5.41) is 4.37. The number of halogens is 4. The molecule has 1 N–H and O–H groups in total. The van der Waals surface area contributed by atoms with E-state index in [-0.39, 0.29) is 5.82 Å². The predicted octanol–water partition coefficient (Wildman–Crippen LogP) is 5.51. The van der Waals surface area contributed by atoms with Gasteiger partial charge in [0.2, 0.25) is 0 Å². The molecule has 0 aliphatic carbocycles. The van der Waals surface area contributed by atoms with E-state index in [0.717, 1.165) is 11.3 Å². The highest BCUT2D eigenvalue weighted by Gasteiger charge is 2.04. The van der Waals surface area contributed by atoms with Crippen LogP contribution in [0.4, 0.5) is 10.1 Å². The second-order valence-electron chi connectivity index (χ2n) is 3.71. The van der Waals surface area contributed by atoms with Gasteiger partial charge >= 0.3 is 0 Å². The van der Waals surface area contributed by atoms with Gasteiger partial charge in [0.1, 0.15) is 5.82 Å². The fraction of sp³-hybridized carbons (Fsp3) is 0.0769. The van der Waals surface area contributed by atoms with Gasteiger partial charge in [-0.1, -0.05) is 45.2 Å². The maximum atomic E-state index is 12.9. The van der Waals surface area contributed by atoms with Crippen molar-refractivity contribution in [3.05, 3.63) is 62.3 Å². The summed E-state index contributed by atoms with van der Waals surface area (Å²) in [6, 6.07) is 9.76. The van der Waals surface area contributed by atoms with E-state index in [0.29, 0.717) is 21.1 Å². The molecule has 0 bridgehead atoms. The largest absolute Gasteiger partial charge is 0.380 e. The lowest BCUT2D eigenvalue weighted by atomic mass is 10.2. The van der Waals surface area contributed by atoms with Crippen LogP contribution in [-0.4, -0.2) is 0 Å². The first kappa shape index (κ1) is 13.7. The van der Waals surface area contributed by atoms with Gasteiger partial charge in [0.15, 0.2) is 0 Å². The van der Waals surface area contributed by atoms with Crippen LogP contribution in [0.15, 0.2) is 40.9 Å². The summed E-state index contributed by atoms with van der Waals surface area (Å²) in [6.45, 7) is 0.529. The zero-order chi connectivity index (χ0) is 13.1. The number of benzene rings is 2. The normalized spacial score (nSPS) is 10.4. The summed E-state index contributed by atoms with van der Waals surface area (Å²) >= 11 is 15.2. The van der Waals surface area contributed by atoms with Gasteiger partial charge in [-0.2, -0.15) is 0 Å². The smallest absolute Gasteiger partial charge is 0.124 e. The van der Waals surface area contributed by atoms with Crippen molar-refractivity contribution in [2.45, 2.75) is 6.54 Å². The van der Waals surface area contributed by atoms with Gasteiger partial charge in [0.05, 0.1) is 10.7 Å². The molecule has 2 aromatic carbocycles. The van der Waals surface area contributed by atoms with Crippen molar-refractivity contribution in [1.82, 2.24) is 0 Å². The molecule has 2 aromatic rings. The van der Waals surface area contributed by atoms with Crippen LogP contribution in [0.5, 0.6) is 0 Å². The maximum absolute atomic E-state index is 12.9. The minimum Gasteiger partial charge on any atom is -0.380 e. The molecule has 0 saturated carbocycles. The molecule has 1 nitrogen and oxygen atoms in total. The van der Waals surface area contributed by atoms with Crippen molar-refractivity contribution >= 4 is 44.8 Å². The predicted molar refractivity (Wildman–Crippen MR) is 77.9 cm³/mol. The van der Waals surface area contributed by atoms with E-state index in [1.807, 2.05) is 0 Å². The fourth-order valence-corrected chi connectivity index (χ4v) is 2.34. The Hall–Kier alpha value is -0.770. The number of anilines is 1. The number of rotatable bonds is 3. The zero-order valence-corrected chi connectivity index (χ0v) is 12.3. The van der Waals surface area contributed by atoms with Crippen LogP contribution in [-0.2, 0) is 6.54 Å². The third kappa shape index (κ3) is 3.37. The Bertz CT molecular complexity index is 575. The van der Waals surface area contributed by atoms with Crippen molar-refractivity contribution in [2.24, 2.45) is 0 Å². The Morgan fingerprint density at radius 2 is 1.89 bits per heavy atom. The van der Waals surface area contributed by atoms with Gasteiger partial charge in [0.25, 0.3) is 0 Å². The first-order chi connectivity index (χ1) is 8.56. The Balaban J connectivity index is 2.13. The summed E-state index contributed by atoms with van der Waals surface area (Å²) < 4.78 is 13.7. The molecule has 94 valence electrons. The average Bonchev–Trinajstić information content (AvgIpc) is 2.32. The molecule has 0 aliphatic rings. The molecule has 5 heteroatoms. The first-order valence-corrected chi connectivity index (χ1v) is 6.74. The van der Waals surface area contributed by atoms with Crippen molar-refractivity contribution in [1.29, 1.82) is 0 Å². The molecular formula is C13H9BrCl2FN. The molecule has 2 rings (SSSR count).